The van der Waals surface area contributed by atoms with Crippen LogP contribution in [0.15, 0.2) is 60.4 Å². The summed E-state index contributed by atoms with van der Waals surface area (Å²) in [5, 5.41) is 22.1. The first kappa shape index (κ1) is 28.8. The number of hydrogen-bond acceptors (Lipinski definition) is 8. The third-order valence-corrected chi connectivity index (χ3v) is 6.22. The molecule has 0 amide bonds. The largest absolute Gasteiger partial charge is 0.507 e. The van der Waals surface area contributed by atoms with E-state index in [9.17, 15) is 24.6 Å². The SMILES string of the molecule is COC1=CC(=O)c2c(cc(C/C=C/COC(C)=O)c(C(O)CCCCCOCc3ccccc3)c2O)C1=O. The summed E-state index contributed by atoms with van der Waals surface area (Å²) in [6, 6.07) is 11.4. The minimum atomic E-state index is -1.04. The van der Waals surface area contributed by atoms with Gasteiger partial charge in [-0.05, 0) is 36.5 Å². The molecule has 0 fully saturated rings. The van der Waals surface area contributed by atoms with Crippen LogP contribution in [0.5, 0.6) is 5.75 Å². The van der Waals surface area contributed by atoms with E-state index in [4.69, 9.17) is 14.2 Å². The lowest BCUT2D eigenvalue weighted by atomic mass is 9.84. The van der Waals surface area contributed by atoms with Crippen molar-refractivity contribution in [3.63, 3.8) is 0 Å². The Bertz CT molecular complexity index is 1200. The highest BCUT2D eigenvalue weighted by Crippen LogP contribution is 2.39. The molecule has 0 aliphatic heterocycles. The maximum Gasteiger partial charge on any atom is 0.302 e. The normalized spacial score (nSPS) is 13.8. The van der Waals surface area contributed by atoms with Gasteiger partial charge in [-0.15, -0.1) is 0 Å². The number of aliphatic hydroxyl groups is 1. The van der Waals surface area contributed by atoms with Crippen LogP contribution in [0.3, 0.4) is 0 Å². The summed E-state index contributed by atoms with van der Waals surface area (Å²) in [6.45, 7) is 2.53. The number of phenols is 1. The van der Waals surface area contributed by atoms with E-state index in [0.717, 1.165) is 24.5 Å². The summed E-state index contributed by atoms with van der Waals surface area (Å²) in [5.41, 5.74) is 1.73. The summed E-state index contributed by atoms with van der Waals surface area (Å²) in [4.78, 5) is 36.5. The summed E-state index contributed by atoms with van der Waals surface area (Å²) in [7, 11) is 1.30. The summed E-state index contributed by atoms with van der Waals surface area (Å²) in [6.07, 6.45) is 6.27. The van der Waals surface area contributed by atoms with E-state index in [0.29, 0.717) is 31.6 Å². The molecule has 0 bridgehead atoms. The molecule has 8 heteroatoms. The molecule has 1 aliphatic rings. The van der Waals surface area contributed by atoms with E-state index in [2.05, 4.69) is 0 Å². The number of fused-ring (bicyclic) bond motifs is 1. The maximum atomic E-state index is 12.8. The smallest absolute Gasteiger partial charge is 0.302 e. The molecule has 0 radical (unpaired) electrons. The lowest BCUT2D eigenvalue weighted by Crippen LogP contribution is -2.20. The van der Waals surface area contributed by atoms with Crippen LogP contribution in [-0.4, -0.2) is 48.1 Å². The molecular formula is C30H34O8. The molecule has 0 saturated carbocycles. The first-order chi connectivity index (χ1) is 18.3. The second-order valence-corrected chi connectivity index (χ2v) is 9.01. The van der Waals surface area contributed by atoms with Crippen molar-refractivity contribution in [1.82, 2.24) is 0 Å². The fourth-order valence-electron chi connectivity index (χ4n) is 4.32. The molecule has 0 aromatic heterocycles. The minimum Gasteiger partial charge on any atom is -0.507 e. The number of benzene rings is 2. The van der Waals surface area contributed by atoms with Crippen molar-refractivity contribution in [2.75, 3.05) is 20.3 Å². The van der Waals surface area contributed by atoms with Crippen molar-refractivity contribution >= 4 is 17.5 Å². The first-order valence-corrected chi connectivity index (χ1v) is 12.6. The van der Waals surface area contributed by atoms with Gasteiger partial charge in [0.25, 0.3) is 0 Å². The number of unbranched alkanes of at least 4 members (excludes halogenated alkanes) is 2. The molecule has 2 N–H and O–H groups in total. The number of carbonyl (C=O) groups is 3. The number of methoxy groups -OCH3 is 1. The van der Waals surface area contributed by atoms with Crippen molar-refractivity contribution < 1.29 is 38.8 Å². The van der Waals surface area contributed by atoms with Crippen LogP contribution in [0.1, 0.15) is 76.1 Å². The van der Waals surface area contributed by atoms with Gasteiger partial charge in [0, 0.05) is 30.7 Å². The molecule has 2 aromatic carbocycles. The highest BCUT2D eigenvalue weighted by atomic mass is 16.5. The average Bonchev–Trinajstić information content (AvgIpc) is 2.90. The average molecular weight is 523 g/mol. The van der Waals surface area contributed by atoms with Crippen molar-refractivity contribution in [2.45, 2.75) is 51.7 Å². The zero-order valence-electron chi connectivity index (χ0n) is 21.8. The molecule has 1 unspecified atom stereocenters. The highest BCUT2D eigenvalue weighted by molar-refractivity contribution is 6.25. The van der Waals surface area contributed by atoms with Crippen molar-refractivity contribution in [3.8, 4) is 5.75 Å². The lowest BCUT2D eigenvalue weighted by Gasteiger charge is -2.23. The summed E-state index contributed by atoms with van der Waals surface area (Å²) in [5.74, 6) is -1.99. The van der Waals surface area contributed by atoms with Gasteiger partial charge in [0.2, 0.25) is 5.78 Å². The van der Waals surface area contributed by atoms with Crippen molar-refractivity contribution in [1.29, 1.82) is 0 Å². The molecule has 1 aliphatic carbocycles. The molecule has 3 rings (SSSR count). The molecule has 202 valence electrons. The van der Waals surface area contributed by atoms with Gasteiger partial charge in [-0.2, -0.15) is 0 Å². The van der Waals surface area contributed by atoms with E-state index in [1.54, 1.807) is 12.2 Å². The van der Waals surface area contributed by atoms with Gasteiger partial charge in [0.15, 0.2) is 11.5 Å². The predicted molar refractivity (Wildman–Crippen MR) is 141 cm³/mol. The zero-order valence-corrected chi connectivity index (χ0v) is 21.8. The summed E-state index contributed by atoms with van der Waals surface area (Å²) < 4.78 is 15.6. The van der Waals surface area contributed by atoms with Crippen molar-refractivity contribution in [3.05, 3.63) is 88.2 Å². The second-order valence-electron chi connectivity index (χ2n) is 9.01. The van der Waals surface area contributed by atoms with Crippen LogP contribution in [0.4, 0.5) is 0 Å². The fraction of sp³-hybridized carbons (Fsp3) is 0.367. The molecule has 2 aromatic rings. The highest BCUT2D eigenvalue weighted by Gasteiger charge is 2.33. The number of rotatable bonds is 14. The Morgan fingerprint density at radius 3 is 2.55 bits per heavy atom. The van der Waals surface area contributed by atoms with Gasteiger partial charge in [0.1, 0.15) is 12.4 Å². The third kappa shape index (κ3) is 7.63. The Kier molecular flexibility index (Phi) is 10.8. The van der Waals surface area contributed by atoms with E-state index in [1.807, 2.05) is 30.3 Å². The number of aromatic hydroxyl groups is 1. The lowest BCUT2D eigenvalue weighted by molar-refractivity contribution is -0.139. The van der Waals surface area contributed by atoms with Crippen molar-refractivity contribution in [2.24, 2.45) is 0 Å². The minimum absolute atomic E-state index is 0.0294. The van der Waals surface area contributed by atoms with E-state index < -0.39 is 29.4 Å². The molecule has 8 nitrogen and oxygen atoms in total. The molecule has 0 saturated heterocycles. The number of hydrogen-bond donors (Lipinski definition) is 2. The summed E-state index contributed by atoms with van der Waals surface area (Å²) >= 11 is 0. The van der Waals surface area contributed by atoms with Gasteiger partial charge >= 0.3 is 5.97 Å². The third-order valence-electron chi connectivity index (χ3n) is 6.22. The van der Waals surface area contributed by atoms with Crippen LogP contribution in [-0.2, 0) is 32.0 Å². The number of ketones is 2. The standard InChI is InChI=1S/C30H34O8/c1-20(31)38-16-10-8-13-22-17-23-28(25(33)18-26(36-2)29(23)34)30(35)27(22)24(32)14-7-4-9-15-37-19-21-11-5-3-6-12-21/h3,5-6,8,10-12,17-18,24,32,35H,4,7,9,13-16,19H2,1-2H3/b10-8+. The monoisotopic (exact) mass is 522 g/mol. The number of phenolic OH excluding ortho intramolecular Hbond substituents is 1. The van der Waals surface area contributed by atoms with E-state index >= 15 is 0 Å². The van der Waals surface area contributed by atoms with Gasteiger partial charge < -0.3 is 24.4 Å². The van der Waals surface area contributed by atoms with Gasteiger partial charge in [0.05, 0.1) is 25.4 Å². The topological polar surface area (TPSA) is 119 Å². The number of ether oxygens (including phenoxy) is 3. The van der Waals surface area contributed by atoms with Crippen LogP contribution in [0.2, 0.25) is 0 Å². The van der Waals surface area contributed by atoms with Gasteiger partial charge in [-0.1, -0.05) is 55.3 Å². The van der Waals surface area contributed by atoms with Crippen LogP contribution in [0.25, 0.3) is 0 Å². The molecule has 1 atom stereocenters. The number of carbonyl (C=O) groups excluding carboxylic acids is 3. The van der Waals surface area contributed by atoms with Crippen LogP contribution < -0.4 is 0 Å². The van der Waals surface area contributed by atoms with Crippen LogP contribution in [0, 0.1) is 0 Å². The maximum absolute atomic E-state index is 12.8. The Balaban J connectivity index is 1.68. The molecular weight excluding hydrogens is 488 g/mol. The Morgan fingerprint density at radius 2 is 1.84 bits per heavy atom. The van der Waals surface area contributed by atoms with Gasteiger partial charge in [-0.25, -0.2) is 0 Å². The number of aliphatic hydroxyl groups excluding tert-OH is 1. The predicted octanol–water partition coefficient (Wildman–Crippen LogP) is 4.77. The number of allylic oxidation sites excluding steroid dienone is 3. The molecule has 0 heterocycles. The Hall–Kier alpha value is -3.75. The number of Topliss-reactive ketones (excluding diaryl/α,β-unsaturated/α-hetero) is 1. The van der Waals surface area contributed by atoms with Gasteiger partial charge in [-0.3, -0.25) is 14.4 Å². The first-order valence-electron chi connectivity index (χ1n) is 12.6. The fourth-order valence-corrected chi connectivity index (χ4v) is 4.32. The molecule has 0 spiro atoms. The quantitative estimate of drug-likeness (QED) is 0.207. The Labute approximate surface area is 222 Å². The molecule has 38 heavy (non-hydrogen) atoms. The second kappa shape index (κ2) is 14.3. The number of esters is 1. The van der Waals surface area contributed by atoms with Crippen LogP contribution >= 0.6 is 0 Å². The zero-order chi connectivity index (χ0) is 27.5. The van der Waals surface area contributed by atoms with E-state index in [-0.39, 0.29) is 35.5 Å². The Morgan fingerprint density at radius 1 is 1.08 bits per heavy atom. The van der Waals surface area contributed by atoms with E-state index in [1.165, 1.54) is 20.1 Å².